The van der Waals surface area contributed by atoms with Crippen LogP contribution in [0.5, 0.6) is 5.88 Å². The first kappa shape index (κ1) is 12.4. The lowest BCUT2D eigenvalue weighted by atomic mass is 10.2. The van der Waals surface area contributed by atoms with E-state index in [0.29, 0.717) is 18.1 Å². The molecule has 0 aliphatic rings. The van der Waals surface area contributed by atoms with Gasteiger partial charge in [0.25, 0.3) is 0 Å². The molecule has 4 heteroatoms. The molecule has 4 nitrogen and oxygen atoms in total. The maximum atomic E-state index is 11.0. The van der Waals surface area contributed by atoms with E-state index >= 15 is 0 Å². The average molecular weight is 244 g/mol. The van der Waals surface area contributed by atoms with Crippen LogP contribution in [0, 0.1) is 0 Å². The zero-order chi connectivity index (χ0) is 13.0. The van der Waals surface area contributed by atoms with E-state index in [1.54, 1.807) is 10.7 Å². The lowest BCUT2D eigenvalue weighted by Crippen LogP contribution is -2.08. The second-order valence-corrected chi connectivity index (χ2v) is 4.34. The lowest BCUT2D eigenvalue weighted by molar-refractivity contribution is 0.111. The molecule has 0 N–H and O–H groups in total. The third-order valence-electron chi connectivity index (χ3n) is 2.44. The summed E-state index contributed by atoms with van der Waals surface area (Å²) in [7, 11) is 0. The van der Waals surface area contributed by atoms with Gasteiger partial charge in [-0.1, -0.05) is 30.3 Å². The molecule has 0 unspecified atom stereocenters. The zero-order valence-corrected chi connectivity index (χ0v) is 10.5. The van der Waals surface area contributed by atoms with Crippen molar-refractivity contribution < 1.29 is 9.53 Å². The van der Waals surface area contributed by atoms with Gasteiger partial charge < -0.3 is 4.74 Å². The summed E-state index contributed by atoms with van der Waals surface area (Å²) in [6, 6.07) is 11.5. The van der Waals surface area contributed by atoms with E-state index in [9.17, 15) is 4.79 Å². The fourth-order valence-corrected chi connectivity index (χ4v) is 1.68. The first-order chi connectivity index (χ1) is 8.69. The van der Waals surface area contributed by atoms with Crippen LogP contribution in [-0.4, -0.2) is 22.2 Å². The Morgan fingerprint density at radius 3 is 2.67 bits per heavy atom. The van der Waals surface area contributed by atoms with Crippen molar-refractivity contribution in [3.8, 4) is 5.88 Å². The molecular weight excluding hydrogens is 228 g/mol. The van der Waals surface area contributed by atoms with Crippen LogP contribution >= 0.6 is 0 Å². The molecule has 0 saturated heterocycles. The van der Waals surface area contributed by atoms with E-state index in [-0.39, 0.29) is 6.10 Å². The van der Waals surface area contributed by atoms with Crippen LogP contribution in [0.3, 0.4) is 0 Å². The van der Waals surface area contributed by atoms with Gasteiger partial charge in [-0.3, -0.25) is 9.48 Å². The minimum absolute atomic E-state index is 0.0459. The minimum atomic E-state index is 0.0459. The highest BCUT2D eigenvalue weighted by Crippen LogP contribution is 2.14. The number of carbonyl (C=O) groups excluding carboxylic acids is 1. The number of rotatable bonds is 5. The van der Waals surface area contributed by atoms with E-state index < -0.39 is 0 Å². The first-order valence-electron chi connectivity index (χ1n) is 5.92. The molecule has 0 aliphatic heterocycles. The number of nitrogens with zero attached hydrogens (tertiary/aromatic N) is 2. The van der Waals surface area contributed by atoms with E-state index in [2.05, 4.69) is 5.10 Å². The molecule has 2 aromatic rings. The quantitative estimate of drug-likeness (QED) is 0.759. The molecule has 0 radical (unpaired) electrons. The second kappa shape index (κ2) is 5.49. The average Bonchev–Trinajstić information content (AvgIpc) is 2.71. The van der Waals surface area contributed by atoms with Gasteiger partial charge >= 0.3 is 0 Å². The van der Waals surface area contributed by atoms with Crippen LogP contribution < -0.4 is 4.74 Å². The zero-order valence-electron chi connectivity index (χ0n) is 10.5. The van der Waals surface area contributed by atoms with Gasteiger partial charge in [0.1, 0.15) is 5.69 Å². The molecular formula is C14H16N2O2. The van der Waals surface area contributed by atoms with Crippen molar-refractivity contribution in [2.75, 3.05) is 0 Å². The maximum Gasteiger partial charge on any atom is 0.233 e. The van der Waals surface area contributed by atoms with Crippen molar-refractivity contribution in [3.05, 3.63) is 47.7 Å². The summed E-state index contributed by atoms with van der Waals surface area (Å²) in [6.45, 7) is 4.42. The number of hydrogen-bond donors (Lipinski definition) is 0. The van der Waals surface area contributed by atoms with Crippen molar-refractivity contribution in [2.24, 2.45) is 0 Å². The van der Waals surface area contributed by atoms with Crippen LogP contribution in [0.1, 0.15) is 29.9 Å². The van der Waals surface area contributed by atoms with Gasteiger partial charge in [-0.05, 0) is 19.4 Å². The van der Waals surface area contributed by atoms with Gasteiger partial charge in [0.2, 0.25) is 5.88 Å². The number of benzene rings is 1. The van der Waals surface area contributed by atoms with E-state index in [1.807, 2.05) is 44.2 Å². The molecule has 1 heterocycles. The van der Waals surface area contributed by atoms with Crippen molar-refractivity contribution >= 4 is 6.29 Å². The number of ether oxygens (including phenoxy) is 1. The van der Waals surface area contributed by atoms with E-state index in [4.69, 9.17) is 4.74 Å². The van der Waals surface area contributed by atoms with Crippen LogP contribution in [0.15, 0.2) is 36.4 Å². The summed E-state index contributed by atoms with van der Waals surface area (Å²) in [5.41, 5.74) is 1.62. The normalized spacial score (nSPS) is 10.6. The van der Waals surface area contributed by atoms with Gasteiger partial charge in [-0.15, -0.1) is 5.10 Å². The second-order valence-electron chi connectivity index (χ2n) is 4.34. The summed E-state index contributed by atoms with van der Waals surface area (Å²) >= 11 is 0. The molecule has 0 aliphatic carbocycles. The Morgan fingerprint density at radius 1 is 1.33 bits per heavy atom. The third kappa shape index (κ3) is 2.97. The Balaban J connectivity index is 2.21. The first-order valence-corrected chi connectivity index (χ1v) is 5.92. The summed E-state index contributed by atoms with van der Waals surface area (Å²) in [5, 5.41) is 4.28. The Bertz CT molecular complexity index is 518. The number of aromatic nitrogens is 2. The smallest absolute Gasteiger partial charge is 0.233 e. The highest BCUT2D eigenvalue weighted by molar-refractivity contribution is 5.72. The monoisotopic (exact) mass is 244 g/mol. The Morgan fingerprint density at radius 2 is 2.06 bits per heavy atom. The molecule has 0 fully saturated rings. The predicted molar refractivity (Wildman–Crippen MR) is 68.9 cm³/mol. The highest BCUT2D eigenvalue weighted by Gasteiger charge is 2.09. The standard InChI is InChI=1S/C14H16N2O2/c1-11(2)18-14-8-13(10-17)16(15-14)9-12-6-4-3-5-7-12/h3-8,10-11H,9H2,1-2H3. The van der Waals surface area contributed by atoms with Crippen LogP contribution in [0.4, 0.5) is 0 Å². The summed E-state index contributed by atoms with van der Waals surface area (Å²) in [5.74, 6) is 0.489. The largest absolute Gasteiger partial charge is 0.474 e. The molecule has 0 atom stereocenters. The lowest BCUT2D eigenvalue weighted by Gasteiger charge is -2.05. The number of carbonyl (C=O) groups is 1. The van der Waals surface area contributed by atoms with Gasteiger partial charge in [-0.2, -0.15) is 0 Å². The van der Waals surface area contributed by atoms with Gasteiger partial charge in [0.05, 0.1) is 12.6 Å². The molecule has 1 aromatic heterocycles. The topological polar surface area (TPSA) is 44.1 Å². The molecule has 94 valence electrons. The van der Waals surface area contributed by atoms with Crippen molar-refractivity contribution in [2.45, 2.75) is 26.5 Å². The van der Waals surface area contributed by atoms with E-state index in [0.717, 1.165) is 11.8 Å². The summed E-state index contributed by atoms with van der Waals surface area (Å²) in [4.78, 5) is 11.0. The van der Waals surface area contributed by atoms with Crippen LogP contribution in [-0.2, 0) is 6.54 Å². The molecule has 0 bridgehead atoms. The highest BCUT2D eigenvalue weighted by atomic mass is 16.5. The summed E-state index contributed by atoms with van der Waals surface area (Å²) in [6.07, 6.45) is 0.841. The number of hydrogen-bond acceptors (Lipinski definition) is 3. The third-order valence-corrected chi connectivity index (χ3v) is 2.44. The van der Waals surface area contributed by atoms with Gasteiger partial charge in [-0.25, -0.2) is 0 Å². The SMILES string of the molecule is CC(C)Oc1cc(C=O)n(Cc2ccccc2)n1. The summed E-state index contributed by atoms with van der Waals surface area (Å²) < 4.78 is 7.14. The van der Waals surface area contributed by atoms with Crippen LogP contribution in [0.25, 0.3) is 0 Å². The van der Waals surface area contributed by atoms with Crippen molar-refractivity contribution in [3.63, 3.8) is 0 Å². The fourth-order valence-electron chi connectivity index (χ4n) is 1.68. The van der Waals surface area contributed by atoms with Gasteiger partial charge in [0, 0.05) is 6.07 Å². The molecule has 0 amide bonds. The molecule has 18 heavy (non-hydrogen) atoms. The number of aldehydes is 1. The van der Waals surface area contributed by atoms with Crippen LogP contribution in [0.2, 0.25) is 0 Å². The van der Waals surface area contributed by atoms with Gasteiger partial charge in [0.15, 0.2) is 6.29 Å². The molecule has 1 aromatic carbocycles. The predicted octanol–water partition coefficient (Wildman–Crippen LogP) is 2.53. The van der Waals surface area contributed by atoms with E-state index in [1.165, 1.54) is 0 Å². The van der Waals surface area contributed by atoms with Crippen molar-refractivity contribution in [1.82, 2.24) is 9.78 Å². The maximum absolute atomic E-state index is 11.0. The van der Waals surface area contributed by atoms with Crippen molar-refractivity contribution in [1.29, 1.82) is 0 Å². The molecule has 2 rings (SSSR count). The fraction of sp³-hybridized carbons (Fsp3) is 0.286. The molecule has 0 spiro atoms. The Labute approximate surface area is 106 Å². The Hall–Kier alpha value is -2.10. The minimum Gasteiger partial charge on any atom is -0.474 e. The molecule has 0 saturated carbocycles. The Kier molecular flexibility index (Phi) is 3.77.